The standard InChI is InChI=1S/C6H9N3O/c7-5-1-4(3-10)6(8)9-2-5/h1-2,10H,3,7H2,(H2,8,9). The van der Waals surface area contributed by atoms with Crippen LogP contribution in [0.2, 0.25) is 0 Å². The van der Waals surface area contributed by atoms with E-state index in [1.807, 2.05) is 0 Å². The summed E-state index contributed by atoms with van der Waals surface area (Å²) in [6.45, 7) is -0.121. The molecule has 0 aliphatic heterocycles. The van der Waals surface area contributed by atoms with Crippen LogP contribution in [0.4, 0.5) is 11.5 Å². The van der Waals surface area contributed by atoms with Crippen molar-refractivity contribution in [1.82, 2.24) is 4.98 Å². The van der Waals surface area contributed by atoms with Gasteiger partial charge in [0, 0.05) is 5.56 Å². The van der Waals surface area contributed by atoms with E-state index in [-0.39, 0.29) is 6.61 Å². The van der Waals surface area contributed by atoms with Crippen LogP contribution in [0.15, 0.2) is 12.3 Å². The predicted octanol–water partition coefficient (Wildman–Crippen LogP) is -0.262. The number of aliphatic hydroxyl groups excluding tert-OH is 1. The van der Waals surface area contributed by atoms with Crippen LogP contribution in [-0.4, -0.2) is 10.1 Å². The first-order valence-electron chi connectivity index (χ1n) is 2.84. The second kappa shape index (κ2) is 2.53. The first-order valence-corrected chi connectivity index (χ1v) is 2.84. The Morgan fingerprint density at radius 3 is 2.70 bits per heavy atom. The van der Waals surface area contributed by atoms with Crippen molar-refractivity contribution in [1.29, 1.82) is 0 Å². The van der Waals surface area contributed by atoms with E-state index in [1.54, 1.807) is 6.07 Å². The van der Waals surface area contributed by atoms with Crippen LogP contribution in [0.1, 0.15) is 5.56 Å². The van der Waals surface area contributed by atoms with Crippen LogP contribution < -0.4 is 11.5 Å². The third-order valence-electron chi connectivity index (χ3n) is 1.19. The van der Waals surface area contributed by atoms with Gasteiger partial charge in [0.25, 0.3) is 0 Å². The third-order valence-corrected chi connectivity index (χ3v) is 1.19. The topological polar surface area (TPSA) is 85.2 Å². The van der Waals surface area contributed by atoms with Crippen molar-refractivity contribution < 1.29 is 5.11 Å². The fourth-order valence-corrected chi connectivity index (χ4v) is 0.666. The van der Waals surface area contributed by atoms with E-state index in [1.165, 1.54) is 6.20 Å². The van der Waals surface area contributed by atoms with E-state index in [9.17, 15) is 0 Å². The van der Waals surface area contributed by atoms with Gasteiger partial charge < -0.3 is 16.6 Å². The highest BCUT2D eigenvalue weighted by Crippen LogP contribution is 2.10. The molecule has 0 bridgehead atoms. The van der Waals surface area contributed by atoms with Crippen molar-refractivity contribution in [2.45, 2.75) is 6.61 Å². The highest BCUT2D eigenvalue weighted by atomic mass is 16.3. The maximum absolute atomic E-state index is 8.67. The Labute approximate surface area is 58.5 Å². The Hall–Kier alpha value is -1.29. The van der Waals surface area contributed by atoms with Gasteiger partial charge in [0.2, 0.25) is 0 Å². The lowest BCUT2D eigenvalue weighted by molar-refractivity contribution is 0.282. The summed E-state index contributed by atoms with van der Waals surface area (Å²) in [5.74, 6) is 0.330. The van der Waals surface area contributed by atoms with Gasteiger partial charge in [-0.2, -0.15) is 0 Å². The highest BCUT2D eigenvalue weighted by molar-refractivity contribution is 5.48. The normalized spacial score (nSPS) is 9.70. The lowest BCUT2D eigenvalue weighted by Gasteiger charge is -2.00. The molecule has 1 rings (SSSR count). The van der Waals surface area contributed by atoms with E-state index in [2.05, 4.69) is 4.98 Å². The Bertz CT molecular complexity index is 236. The number of aliphatic hydroxyl groups is 1. The SMILES string of the molecule is Nc1cnc(N)c(CO)c1. The molecule has 1 aromatic rings. The highest BCUT2D eigenvalue weighted by Gasteiger charge is 1.97. The molecule has 0 aliphatic carbocycles. The Balaban J connectivity index is 3.09. The summed E-state index contributed by atoms with van der Waals surface area (Å²) in [5, 5.41) is 8.67. The van der Waals surface area contributed by atoms with Gasteiger partial charge in [0.15, 0.2) is 0 Å². The fraction of sp³-hybridized carbons (Fsp3) is 0.167. The maximum Gasteiger partial charge on any atom is 0.129 e. The number of pyridine rings is 1. The Kier molecular flexibility index (Phi) is 1.73. The zero-order valence-electron chi connectivity index (χ0n) is 5.41. The van der Waals surface area contributed by atoms with Crippen molar-refractivity contribution in [3.63, 3.8) is 0 Å². The molecule has 54 valence electrons. The van der Waals surface area contributed by atoms with Gasteiger partial charge in [0.05, 0.1) is 18.5 Å². The number of nitrogens with zero attached hydrogens (tertiary/aromatic N) is 1. The summed E-state index contributed by atoms with van der Waals surface area (Å²) in [5.41, 5.74) is 11.8. The minimum absolute atomic E-state index is 0.121. The van der Waals surface area contributed by atoms with Crippen LogP contribution in [0.5, 0.6) is 0 Å². The summed E-state index contributed by atoms with van der Waals surface area (Å²) in [6.07, 6.45) is 1.45. The second-order valence-corrected chi connectivity index (χ2v) is 1.97. The monoisotopic (exact) mass is 139 g/mol. The van der Waals surface area contributed by atoms with Crippen LogP contribution in [0, 0.1) is 0 Å². The summed E-state index contributed by atoms with van der Waals surface area (Å²) in [6, 6.07) is 1.60. The molecule has 0 spiro atoms. The van der Waals surface area contributed by atoms with Crippen molar-refractivity contribution >= 4 is 11.5 Å². The number of anilines is 2. The number of hydrogen-bond acceptors (Lipinski definition) is 4. The number of hydrogen-bond donors (Lipinski definition) is 3. The first kappa shape index (κ1) is 6.82. The van der Waals surface area contributed by atoms with Crippen molar-refractivity contribution in [2.24, 2.45) is 0 Å². The molecule has 0 atom stereocenters. The molecule has 1 heterocycles. The van der Waals surface area contributed by atoms with Crippen LogP contribution in [0.25, 0.3) is 0 Å². The number of rotatable bonds is 1. The van der Waals surface area contributed by atoms with Gasteiger partial charge in [-0.1, -0.05) is 0 Å². The smallest absolute Gasteiger partial charge is 0.129 e. The summed E-state index contributed by atoms with van der Waals surface area (Å²) in [4.78, 5) is 3.74. The van der Waals surface area contributed by atoms with E-state index < -0.39 is 0 Å². The summed E-state index contributed by atoms with van der Waals surface area (Å²) < 4.78 is 0. The van der Waals surface area contributed by atoms with Crippen LogP contribution in [-0.2, 0) is 6.61 Å². The van der Waals surface area contributed by atoms with Gasteiger partial charge in [-0.25, -0.2) is 4.98 Å². The molecule has 0 aromatic carbocycles. The van der Waals surface area contributed by atoms with Crippen LogP contribution >= 0.6 is 0 Å². The minimum Gasteiger partial charge on any atom is -0.397 e. The lowest BCUT2D eigenvalue weighted by Crippen LogP contribution is -1.99. The quantitative estimate of drug-likeness (QED) is 0.500. The molecule has 5 N–H and O–H groups in total. The van der Waals surface area contributed by atoms with E-state index in [4.69, 9.17) is 16.6 Å². The maximum atomic E-state index is 8.67. The van der Waals surface area contributed by atoms with Gasteiger partial charge >= 0.3 is 0 Å². The number of nitrogens with two attached hydrogens (primary N) is 2. The molecule has 0 unspecified atom stereocenters. The molecule has 0 fully saturated rings. The zero-order valence-corrected chi connectivity index (χ0v) is 5.41. The first-order chi connectivity index (χ1) is 4.74. The molecule has 0 amide bonds. The van der Waals surface area contributed by atoms with Gasteiger partial charge in [0.1, 0.15) is 5.82 Å². The van der Waals surface area contributed by atoms with Gasteiger partial charge in [-0.15, -0.1) is 0 Å². The molecule has 4 heteroatoms. The van der Waals surface area contributed by atoms with E-state index in [0.717, 1.165) is 0 Å². The summed E-state index contributed by atoms with van der Waals surface area (Å²) >= 11 is 0. The zero-order chi connectivity index (χ0) is 7.56. The third kappa shape index (κ3) is 1.16. The fourth-order valence-electron chi connectivity index (χ4n) is 0.666. The molecule has 0 aliphatic rings. The number of aromatic nitrogens is 1. The summed E-state index contributed by atoms with van der Waals surface area (Å²) in [7, 11) is 0. The van der Waals surface area contributed by atoms with Crippen molar-refractivity contribution in [3.05, 3.63) is 17.8 Å². The largest absolute Gasteiger partial charge is 0.397 e. The molecule has 0 saturated heterocycles. The molecule has 0 radical (unpaired) electrons. The molecular formula is C6H9N3O. The van der Waals surface area contributed by atoms with Crippen LogP contribution in [0.3, 0.4) is 0 Å². The lowest BCUT2D eigenvalue weighted by atomic mass is 10.2. The van der Waals surface area contributed by atoms with E-state index in [0.29, 0.717) is 17.1 Å². The Morgan fingerprint density at radius 1 is 1.50 bits per heavy atom. The molecular weight excluding hydrogens is 130 g/mol. The average molecular weight is 139 g/mol. The molecule has 0 saturated carbocycles. The van der Waals surface area contributed by atoms with Gasteiger partial charge in [-0.3, -0.25) is 0 Å². The van der Waals surface area contributed by atoms with Crippen molar-refractivity contribution in [2.75, 3.05) is 11.5 Å². The molecule has 1 aromatic heterocycles. The molecule has 4 nitrogen and oxygen atoms in total. The minimum atomic E-state index is -0.121. The number of nitrogen functional groups attached to an aromatic ring is 2. The predicted molar refractivity (Wildman–Crippen MR) is 39.0 cm³/mol. The second-order valence-electron chi connectivity index (χ2n) is 1.97. The van der Waals surface area contributed by atoms with Gasteiger partial charge in [-0.05, 0) is 6.07 Å². The van der Waals surface area contributed by atoms with Crippen molar-refractivity contribution in [3.8, 4) is 0 Å². The van der Waals surface area contributed by atoms with E-state index >= 15 is 0 Å². The molecule has 10 heavy (non-hydrogen) atoms. The average Bonchev–Trinajstić information content (AvgIpc) is 1.94. The Morgan fingerprint density at radius 2 is 2.20 bits per heavy atom.